The van der Waals surface area contributed by atoms with Crippen LogP contribution in [0.4, 0.5) is 0 Å². The van der Waals surface area contributed by atoms with Gasteiger partial charge in [0, 0.05) is 13.2 Å². The van der Waals surface area contributed by atoms with Crippen LogP contribution >= 0.6 is 0 Å². The molecule has 2 rings (SSSR count). The van der Waals surface area contributed by atoms with Gasteiger partial charge in [-0.25, -0.2) is 0 Å². The van der Waals surface area contributed by atoms with Crippen LogP contribution in [0.2, 0.25) is 0 Å². The van der Waals surface area contributed by atoms with Crippen LogP contribution in [0.25, 0.3) is 0 Å². The van der Waals surface area contributed by atoms with E-state index < -0.39 is 11.1 Å². The van der Waals surface area contributed by atoms with Crippen molar-refractivity contribution in [3.05, 3.63) is 0 Å². The zero-order valence-electron chi connectivity index (χ0n) is 13.0. The summed E-state index contributed by atoms with van der Waals surface area (Å²) in [6.45, 7) is 8.75. The maximum absolute atomic E-state index is 12.7. The van der Waals surface area contributed by atoms with E-state index in [4.69, 9.17) is 4.74 Å². The predicted octanol–water partition coefficient (Wildman–Crippen LogP) is 1.46. The number of ether oxygens (including phenoxy) is 1. The van der Waals surface area contributed by atoms with Gasteiger partial charge in [-0.3, -0.25) is 9.59 Å². The molecule has 0 aliphatic carbocycles. The van der Waals surface area contributed by atoms with Crippen LogP contribution in [0, 0.1) is 0 Å². The number of carbonyl (C=O) groups excluding carboxylic acids is 2. The minimum absolute atomic E-state index is 0.0163. The van der Waals surface area contributed by atoms with E-state index in [1.165, 1.54) is 0 Å². The first-order chi connectivity index (χ1) is 9.31. The molecule has 2 saturated heterocycles. The summed E-state index contributed by atoms with van der Waals surface area (Å²) in [5.74, 6) is -0.0589. The standard InChI is InChI=1S/C15H26N2O3/c1-5-15(4)13(19)17(14(2,3)12(18)16-15)9-8-11-7-6-10-20-11/h11H,5-10H2,1-4H3,(H,16,18). The van der Waals surface area contributed by atoms with Gasteiger partial charge in [0.15, 0.2) is 0 Å². The summed E-state index contributed by atoms with van der Waals surface area (Å²) in [4.78, 5) is 26.8. The van der Waals surface area contributed by atoms with Crippen molar-refractivity contribution in [2.24, 2.45) is 0 Å². The van der Waals surface area contributed by atoms with Crippen LogP contribution in [0.3, 0.4) is 0 Å². The fraction of sp³-hybridized carbons (Fsp3) is 0.867. The van der Waals surface area contributed by atoms with Crippen LogP contribution in [0.5, 0.6) is 0 Å². The fourth-order valence-electron chi connectivity index (χ4n) is 2.90. The average Bonchev–Trinajstić information content (AvgIpc) is 2.90. The average molecular weight is 282 g/mol. The molecule has 5 nitrogen and oxygen atoms in total. The lowest BCUT2D eigenvalue weighted by atomic mass is 9.86. The highest BCUT2D eigenvalue weighted by Gasteiger charge is 2.51. The van der Waals surface area contributed by atoms with Crippen molar-refractivity contribution in [2.45, 2.75) is 70.6 Å². The van der Waals surface area contributed by atoms with Crippen molar-refractivity contribution in [3.63, 3.8) is 0 Å². The molecule has 114 valence electrons. The first kappa shape index (κ1) is 15.3. The molecular formula is C15H26N2O3. The molecule has 0 aromatic carbocycles. The Morgan fingerprint density at radius 2 is 2.05 bits per heavy atom. The molecule has 20 heavy (non-hydrogen) atoms. The summed E-state index contributed by atoms with van der Waals surface area (Å²) in [6, 6.07) is 0. The maximum Gasteiger partial charge on any atom is 0.248 e. The lowest BCUT2D eigenvalue weighted by Crippen LogP contribution is -2.73. The number of nitrogens with one attached hydrogen (secondary N) is 1. The Morgan fingerprint density at radius 1 is 1.35 bits per heavy atom. The molecule has 1 N–H and O–H groups in total. The van der Waals surface area contributed by atoms with E-state index in [2.05, 4.69) is 5.32 Å². The van der Waals surface area contributed by atoms with E-state index in [0.717, 1.165) is 25.9 Å². The Kier molecular flexibility index (Phi) is 4.09. The molecule has 2 atom stereocenters. The first-order valence-corrected chi connectivity index (χ1v) is 7.57. The van der Waals surface area contributed by atoms with Crippen molar-refractivity contribution < 1.29 is 14.3 Å². The SMILES string of the molecule is CCC1(C)NC(=O)C(C)(C)N(CCC2CCCO2)C1=O. The van der Waals surface area contributed by atoms with E-state index >= 15 is 0 Å². The highest BCUT2D eigenvalue weighted by molar-refractivity contribution is 6.01. The van der Waals surface area contributed by atoms with Gasteiger partial charge in [0.1, 0.15) is 11.1 Å². The van der Waals surface area contributed by atoms with Crippen LogP contribution in [0.1, 0.15) is 53.4 Å². The Bertz CT molecular complexity index is 402. The van der Waals surface area contributed by atoms with E-state index in [-0.39, 0.29) is 17.9 Å². The van der Waals surface area contributed by atoms with E-state index in [0.29, 0.717) is 13.0 Å². The molecule has 0 radical (unpaired) electrons. The second-order valence-electron chi connectivity index (χ2n) is 6.58. The van der Waals surface area contributed by atoms with Crippen LogP contribution < -0.4 is 5.32 Å². The minimum atomic E-state index is -0.787. The molecule has 0 aromatic rings. The van der Waals surface area contributed by atoms with Crippen LogP contribution in [-0.2, 0) is 14.3 Å². The number of carbonyl (C=O) groups is 2. The van der Waals surface area contributed by atoms with Crippen molar-refractivity contribution >= 4 is 11.8 Å². The number of nitrogens with zero attached hydrogens (tertiary/aromatic N) is 1. The number of hydrogen-bond acceptors (Lipinski definition) is 3. The zero-order chi connectivity index (χ0) is 15.0. The van der Waals surface area contributed by atoms with Crippen LogP contribution in [-0.4, -0.2) is 47.0 Å². The maximum atomic E-state index is 12.7. The predicted molar refractivity (Wildman–Crippen MR) is 76.2 cm³/mol. The largest absolute Gasteiger partial charge is 0.378 e. The van der Waals surface area contributed by atoms with E-state index in [1.54, 1.807) is 4.90 Å². The quantitative estimate of drug-likeness (QED) is 0.849. The third-order valence-corrected chi connectivity index (χ3v) is 4.74. The van der Waals surface area contributed by atoms with Crippen molar-refractivity contribution in [3.8, 4) is 0 Å². The summed E-state index contributed by atoms with van der Waals surface area (Å²) in [6.07, 6.45) is 3.79. The smallest absolute Gasteiger partial charge is 0.248 e. The molecule has 2 aliphatic heterocycles. The van der Waals surface area contributed by atoms with Gasteiger partial charge in [-0.2, -0.15) is 0 Å². The van der Waals surface area contributed by atoms with E-state index in [9.17, 15) is 9.59 Å². The normalized spacial score (nSPS) is 33.4. The van der Waals surface area contributed by atoms with Gasteiger partial charge in [-0.05, 0) is 46.5 Å². The number of amides is 2. The minimum Gasteiger partial charge on any atom is -0.378 e. The van der Waals surface area contributed by atoms with Crippen molar-refractivity contribution in [1.29, 1.82) is 0 Å². The molecule has 2 heterocycles. The highest BCUT2D eigenvalue weighted by atomic mass is 16.5. The molecule has 2 unspecified atom stereocenters. The van der Waals surface area contributed by atoms with Crippen molar-refractivity contribution in [2.75, 3.05) is 13.2 Å². The van der Waals surface area contributed by atoms with Gasteiger partial charge >= 0.3 is 0 Å². The Hall–Kier alpha value is -1.10. The van der Waals surface area contributed by atoms with E-state index in [1.807, 2.05) is 27.7 Å². The summed E-state index contributed by atoms with van der Waals surface area (Å²) in [7, 11) is 0. The van der Waals surface area contributed by atoms with Gasteiger partial charge in [0.25, 0.3) is 0 Å². The number of piperazine rings is 1. The third kappa shape index (κ3) is 2.55. The summed E-state index contributed by atoms with van der Waals surface area (Å²) >= 11 is 0. The zero-order valence-corrected chi connectivity index (χ0v) is 13.0. The lowest BCUT2D eigenvalue weighted by molar-refractivity contribution is -0.160. The van der Waals surface area contributed by atoms with Gasteiger partial charge in [0.05, 0.1) is 6.10 Å². The Balaban J connectivity index is 2.12. The lowest BCUT2D eigenvalue weighted by Gasteiger charge is -2.48. The molecule has 0 aromatic heterocycles. The molecule has 0 saturated carbocycles. The third-order valence-electron chi connectivity index (χ3n) is 4.74. The second-order valence-corrected chi connectivity index (χ2v) is 6.58. The van der Waals surface area contributed by atoms with Gasteiger partial charge in [-0.1, -0.05) is 6.92 Å². The molecule has 0 spiro atoms. The molecule has 5 heteroatoms. The topological polar surface area (TPSA) is 58.6 Å². The fourth-order valence-corrected chi connectivity index (χ4v) is 2.90. The van der Waals surface area contributed by atoms with Gasteiger partial charge < -0.3 is 15.0 Å². The van der Waals surface area contributed by atoms with Crippen LogP contribution in [0.15, 0.2) is 0 Å². The molecule has 2 aliphatic rings. The summed E-state index contributed by atoms with van der Waals surface area (Å²) < 4.78 is 5.61. The first-order valence-electron chi connectivity index (χ1n) is 7.57. The summed E-state index contributed by atoms with van der Waals surface area (Å²) in [5, 5.41) is 2.88. The molecular weight excluding hydrogens is 256 g/mol. The highest BCUT2D eigenvalue weighted by Crippen LogP contribution is 2.29. The molecule has 0 bridgehead atoms. The summed E-state index contributed by atoms with van der Waals surface area (Å²) in [5.41, 5.74) is -1.56. The number of hydrogen-bond donors (Lipinski definition) is 1. The monoisotopic (exact) mass is 282 g/mol. The molecule has 2 amide bonds. The van der Waals surface area contributed by atoms with Gasteiger partial charge in [0.2, 0.25) is 11.8 Å². The Morgan fingerprint density at radius 3 is 2.60 bits per heavy atom. The Labute approximate surface area is 121 Å². The number of rotatable bonds is 4. The second kappa shape index (κ2) is 5.35. The van der Waals surface area contributed by atoms with Gasteiger partial charge in [-0.15, -0.1) is 0 Å². The van der Waals surface area contributed by atoms with Crippen molar-refractivity contribution in [1.82, 2.24) is 10.2 Å². The molecule has 2 fully saturated rings.